The van der Waals surface area contributed by atoms with Gasteiger partial charge in [0.1, 0.15) is 0 Å². The summed E-state index contributed by atoms with van der Waals surface area (Å²) in [4.78, 5) is 14.7. The highest BCUT2D eigenvalue weighted by Crippen LogP contribution is 2.23. The van der Waals surface area contributed by atoms with Crippen LogP contribution >= 0.6 is 11.6 Å². The summed E-state index contributed by atoms with van der Waals surface area (Å²) in [6.45, 7) is 2.14. The van der Waals surface area contributed by atoms with E-state index >= 15 is 0 Å². The maximum absolute atomic E-state index is 12.5. The number of halogens is 1. The Morgan fingerprint density at radius 1 is 0.966 bits per heavy atom. The van der Waals surface area contributed by atoms with E-state index in [1.54, 1.807) is 0 Å². The number of benzene rings is 2. The lowest BCUT2D eigenvalue weighted by Gasteiger charge is -2.31. The molecule has 0 bridgehead atoms. The summed E-state index contributed by atoms with van der Waals surface area (Å²) in [5.41, 5.74) is 2.97. The second-order valence-corrected chi connectivity index (χ2v) is 7.68. The third-order valence-corrected chi connectivity index (χ3v) is 5.54. The molecule has 2 aromatic carbocycles. The van der Waals surface area contributed by atoms with Crippen LogP contribution in [0.2, 0.25) is 5.02 Å². The number of aromatic nitrogens is 2. The average Bonchev–Trinajstić information content (AvgIpc) is 2.79. The lowest BCUT2D eigenvalue weighted by atomic mass is 9.96. The number of carbonyl (C=O) groups is 1. The van der Waals surface area contributed by atoms with Crippen molar-refractivity contribution in [2.24, 2.45) is 5.92 Å². The van der Waals surface area contributed by atoms with Gasteiger partial charge in [-0.15, -0.1) is 10.2 Å². The van der Waals surface area contributed by atoms with Crippen LogP contribution in [-0.4, -0.2) is 29.2 Å². The van der Waals surface area contributed by atoms with Gasteiger partial charge in [-0.05, 0) is 42.7 Å². The van der Waals surface area contributed by atoms with Crippen molar-refractivity contribution in [1.29, 1.82) is 0 Å². The van der Waals surface area contributed by atoms with E-state index in [1.165, 1.54) is 0 Å². The molecule has 1 aliphatic heterocycles. The number of hydrogen-bond acceptors (Lipinski definition) is 4. The first-order valence-electron chi connectivity index (χ1n) is 9.85. The van der Waals surface area contributed by atoms with Gasteiger partial charge in [0.25, 0.3) is 0 Å². The Hall–Kier alpha value is -2.92. The van der Waals surface area contributed by atoms with E-state index in [-0.39, 0.29) is 11.8 Å². The lowest BCUT2D eigenvalue weighted by Crippen LogP contribution is -2.40. The first kappa shape index (κ1) is 19.4. The van der Waals surface area contributed by atoms with Crippen molar-refractivity contribution in [1.82, 2.24) is 15.5 Å². The summed E-state index contributed by atoms with van der Waals surface area (Å²) in [6, 6.07) is 21.6. The minimum Gasteiger partial charge on any atom is -0.355 e. The quantitative estimate of drug-likeness (QED) is 0.685. The molecule has 1 aromatic heterocycles. The molecule has 0 unspecified atom stereocenters. The van der Waals surface area contributed by atoms with E-state index in [4.69, 9.17) is 11.6 Å². The predicted octanol–water partition coefficient (Wildman–Crippen LogP) is 4.33. The molecule has 0 aliphatic carbocycles. The molecule has 148 valence electrons. The Balaban J connectivity index is 1.28. The molecule has 1 saturated heterocycles. The SMILES string of the molecule is O=C(NCc1ccc(Cl)cc1)C1CCN(c2ccc(-c3ccccc3)nn2)CC1. The van der Waals surface area contributed by atoms with Crippen molar-refractivity contribution in [3.63, 3.8) is 0 Å². The van der Waals surface area contributed by atoms with Crippen LogP contribution in [0.1, 0.15) is 18.4 Å². The molecular formula is C23H23ClN4O. The molecule has 29 heavy (non-hydrogen) atoms. The highest BCUT2D eigenvalue weighted by molar-refractivity contribution is 6.30. The molecule has 5 nitrogen and oxygen atoms in total. The van der Waals surface area contributed by atoms with E-state index in [0.29, 0.717) is 11.6 Å². The van der Waals surface area contributed by atoms with E-state index in [0.717, 1.165) is 48.6 Å². The molecule has 4 rings (SSSR count). The monoisotopic (exact) mass is 406 g/mol. The topological polar surface area (TPSA) is 58.1 Å². The van der Waals surface area contributed by atoms with Crippen LogP contribution in [0, 0.1) is 5.92 Å². The van der Waals surface area contributed by atoms with Gasteiger partial charge in [-0.3, -0.25) is 4.79 Å². The lowest BCUT2D eigenvalue weighted by molar-refractivity contribution is -0.125. The number of nitrogens with zero attached hydrogens (tertiary/aromatic N) is 3. The first-order valence-corrected chi connectivity index (χ1v) is 10.2. The summed E-state index contributed by atoms with van der Waals surface area (Å²) in [5, 5.41) is 12.5. The van der Waals surface area contributed by atoms with Crippen molar-refractivity contribution in [3.8, 4) is 11.3 Å². The Morgan fingerprint density at radius 3 is 2.34 bits per heavy atom. The van der Waals surface area contributed by atoms with Gasteiger partial charge in [-0.2, -0.15) is 0 Å². The van der Waals surface area contributed by atoms with Gasteiger partial charge in [0, 0.05) is 36.1 Å². The van der Waals surface area contributed by atoms with Crippen molar-refractivity contribution >= 4 is 23.3 Å². The third-order valence-electron chi connectivity index (χ3n) is 5.29. The van der Waals surface area contributed by atoms with Crippen molar-refractivity contribution < 1.29 is 4.79 Å². The Labute approximate surface area is 175 Å². The van der Waals surface area contributed by atoms with Crippen LogP contribution in [0.4, 0.5) is 5.82 Å². The Kier molecular flexibility index (Phi) is 6.06. The number of hydrogen-bond donors (Lipinski definition) is 1. The number of anilines is 1. The van der Waals surface area contributed by atoms with Gasteiger partial charge in [0.05, 0.1) is 5.69 Å². The molecule has 2 heterocycles. The molecule has 1 fully saturated rings. The van der Waals surface area contributed by atoms with Crippen molar-refractivity contribution in [3.05, 3.63) is 77.3 Å². The number of amides is 1. The van der Waals surface area contributed by atoms with E-state index in [2.05, 4.69) is 20.4 Å². The number of carbonyl (C=O) groups excluding carboxylic acids is 1. The minimum atomic E-state index is 0.0371. The molecule has 0 saturated carbocycles. The molecule has 1 aliphatic rings. The second-order valence-electron chi connectivity index (χ2n) is 7.25. The molecule has 0 atom stereocenters. The summed E-state index contributed by atoms with van der Waals surface area (Å²) in [5.74, 6) is 1.02. The van der Waals surface area contributed by atoms with Crippen molar-refractivity contribution in [2.45, 2.75) is 19.4 Å². The zero-order valence-corrected chi connectivity index (χ0v) is 16.8. The summed E-state index contributed by atoms with van der Waals surface area (Å²) >= 11 is 5.90. The van der Waals surface area contributed by atoms with Crippen LogP contribution in [0.15, 0.2) is 66.7 Å². The fourth-order valence-electron chi connectivity index (χ4n) is 3.56. The largest absolute Gasteiger partial charge is 0.355 e. The van der Waals surface area contributed by atoms with Gasteiger partial charge >= 0.3 is 0 Å². The third kappa shape index (κ3) is 4.93. The maximum Gasteiger partial charge on any atom is 0.223 e. The Morgan fingerprint density at radius 2 is 1.69 bits per heavy atom. The number of nitrogens with one attached hydrogen (secondary N) is 1. The van der Waals surface area contributed by atoms with Gasteiger partial charge in [-0.1, -0.05) is 54.1 Å². The molecule has 6 heteroatoms. The predicted molar refractivity (Wildman–Crippen MR) is 116 cm³/mol. The zero-order chi connectivity index (χ0) is 20.1. The van der Waals surface area contributed by atoms with Gasteiger partial charge in [-0.25, -0.2) is 0 Å². The van der Waals surface area contributed by atoms with E-state index in [1.807, 2.05) is 66.7 Å². The standard InChI is InChI=1S/C23H23ClN4O/c24-20-8-6-17(7-9-20)16-25-23(29)19-12-14-28(15-13-19)22-11-10-21(26-27-22)18-4-2-1-3-5-18/h1-11,19H,12-16H2,(H,25,29). The summed E-state index contributed by atoms with van der Waals surface area (Å²) < 4.78 is 0. The summed E-state index contributed by atoms with van der Waals surface area (Å²) in [7, 11) is 0. The zero-order valence-electron chi connectivity index (χ0n) is 16.1. The van der Waals surface area contributed by atoms with Crippen LogP contribution in [0.5, 0.6) is 0 Å². The molecule has 0 spiro atoms. The average molecular weight is 407 g/mol. The van der Waals surface area contributed by atoms with E-state index in [9.17, 15) is 4.79 Å². The van der Waals surface area contributed by atoms with Crippen LogP contribution in [0.25, 0.3) is 11.3 Å². The first-order chi connectivity index (χ1) is 14.2. The molecule has 1 N–H and O–H groups in total. The van der Waals surface area contributed by atoms with Crippen LogP contribution < -0.4 is 10.2 Å². The smallest absolute Gasteiger partial charge is 0.223 e. The molecule has 1 amide bonds. The summed E-state index contributed by atoms with van der Waals surface area (Å²) in [6.07, 6.45) is 1.63. The van der Waals surface area contributed by atoms with Crippen molar-refractivity contribution in [2.75, 3.05) is 18.0 Å². The highest BCUT2D eigenvalue weighted by Gasteiger charge is 2.25. The molecular weight excluding hydrogens is 384 g/mol. The molecule has 0 radical (unpaired) electrons. The van der Waals surface area contributed by atoms with Gasteiger partial charge in [0.2, 0.25) is 5.91 Å². The minimum absolute atomic E-state index is 0.0371. The number of piperidine rings is 1. The van der Waals surface area contributed by atoms with E-state index < -0.39 is 0 Å². The van der Waals surface area contributed by atoms with Crippen LogP contribution in [0.3, 0.4) is 0 Å². The normalized spacial score (nSPS) is 14.6. The van der Waals surface area contributed by atoms with Crippen LogP contribution in [-0.2, 0) is 11.3 Å². The van der Waals surface area contributed by atoms with Gasteiger partial charge < -0.3 is 10.2 Å². The fourth-order valence-corrected chi connectivity index (χ4v) is 3.69. The number of rotatable bonds is 5. The highest BCUT2D eigenvalue weighted by atomic mass is 35.5. The fraction of sp³-hybridized carbons (Fsp3) is 0.261. The second kappa shape index (κ2) is 9.05. The van der Waals surface area contributed by atoms with Gasteiger partial charge in [0.15, 0.2) is 5.82 Å². The molecule has 3 aromatic rings. The Bertz CT molecular complexity index is 937. The maximum atomic E-state index is 12.5.